The van der Waals surface area contributed by atoms with Crippen LogP contribution in [-0.2, 0) is 18.3 Å². The second-order valence-corrected chi connectivity index (χ2v) is 17.4. The molecule has 0 saturated carbocycles. The molecule has 2 aliphatic heterocycles. The summed E-state index contributed by atoms with van der Waals surface area (Å²) < 4.78 is 1.38. The molecule has 0 bridgehead atoms. The van der Waals surface area contributed by atoms with Gasteiger partial charge in [0.05, 0.1) is 0 Å². The molecule has 3 heteroatoms. The maximum atomic E-state index is 2.61. The largest absolute Gasteiger partial charge is 0.345 e. The monoisotopic (exact) mass is 716 g/mol. The molecule has 0 unspecified atom stereocenters. The standard InChI is InChI=1S/C51H44N2S/c1-51(2)44-29-34(19-23-40(44)41-24-21-38(32-45(41)51)52-27-9-13-35-10-3-6-14-46(35)52)18-17-33-20-25-49-42(28-33)43-31-39(22-26-50(43)54-49)53-47-15-7-4-11-36(47)30-37-12-5-8-16-48(37)53/h3-5,7-8,10-12,15-21,23-25,28-29,31-32H,6,9,13-14,22,26-27,30H2,1-2H3/b18-17+. The first-order chi connectivity index (χ1) is 26.5. The van der Waals surface area contributed by atoms with Crippen molar-refractivity contribution in [2.45, 2.75) is 64.2 Å². The zero-order valence-corrected chi connectivity index (χ0v) is 32.0. The van der Waals surface area contributed by atoms with Gasteiger partial charge in [0.2, 0.25) is 0 Å². The van der Waals surface area contributed by atoms with Gasteiger partial charge in [-0.2, -0.15) is 0 Å². The highest BCUT2D eigenvalue weighted by molar-refractivity contribution is 7.19. The molecule has 0 amide bonds. The summed E-state index contributed by atoms with van der Waals surface area (Å²) in [6, 6.07) is 39.3. The molecule has 0 N–H and O–H groups in total. The molecule has 6 aromatic rings. The van der Waals surface area contributed by atoms with E-state index in [-0.39, 0.29) is 5.41 Å². The van der Waals surface area contributed by atoms with Gasteiger partial charge in [-0.15, -0.1) is 11.3 Å². The summed E-state index contributed by atoms with van der Waals surface area (Å²) in [5.74, 6) is 0. The molecule has 5 aliphatic rings. The van der Waals surface area contributed by atoms with E-state index >= 15 is 0 Å². The average molecular weight is 717 g/mol. The van der Waals surface area contributed by atoms with Gasteiger partial charge in [-0.05, 0) is 137 Å². The van der Waals surface area contributed by atoms with Gasteiger partial charge in [-0.1, -0.05) is 105 Å². The third-order valence-electron chi connectivity index (χ3n) is 12.7. The Morgan fingerprint density at radius 2 is 1.43 bits per heavy atom. The summed E-state index contributed by atoms with van der Waals surface area (Å²) in [7, 11) is 0. The summed E-state index contributed by atoms with van der Waals surface area (Å²) in [6.45, 7) is 5.94. The summed E-state index contributed by atoms with van der Waals surface area (Å²) in [5, 5.41) is 1.37. The highest BCUT2D eigenvalue weighted by atomic mass is 32.1. The van der Waals surface area contributed by atoms with Gasteiger partial charge >= 0.3 is 0 Å². The van der Waals surface area contributed by atoms with E-state index in [1.165, 1.54) is 101 Å². The zero-order chi connectivity index (χ0) is 36.0. The fourth-order valence-electron chi connectivity index (χ4n) is 9.98. The highest BCUT2D eigenvalue weighted by Crippen LogP contribution is 2.51. The van der Waals surface area contributed by atoms with Crippen LogP contribution in [-0.4, -0.2) is 6.54 Å². The number of allylic oxidation sites excluding steroid dienone is 5. The smallest absolute Gasteiger partial charge is 0.0493 e. The van der Waals surface area contributed by atoms with Crippen molar-refractivity contribution in [3.05, 3.63) is 176 Å². The van der Waals surface area contributed by atoms with Crippen LogP contribution in [0.2, 0.25) is 0 Å². The Kier molecular flexibility index (Phi) is 7.33. The van der Waals surface area contributed by atoms with E-state index in [2.05, 4.69) is 157 Å². The average Bonchev–Trinajstić information content (AvgIpc) is 3.69. The lowest BCUT2D eigenvalue weighted by atomic mass is 9.81. The molecule has 0 spiro atoms. The first kappa shape index (κ1) is 32.1. The topological polar surface area (TPSA) is 6.48 Å². The van der Waals surface area contributed by atoms with Gasteiger partial charge < -0.3 is 9.80 Å². The number of thiophene rings is 1. The number of hydrogen-bond acceptors (Lipinski definition) is 3. The molecule has 5 aromatic carbocycles. The fourth-order valence-corrected chi connectivity index (χ4v) is 11.1. The zero-order valence-electron chi connectivity index (χ0n) is 31.2. The van der Waals surface area contributed by atoms with Crippen LogP contribution in [0.15, 0.2) is 132 Å². The highest BCUT2D eigenvalue weighted by Gasteiger charge is 2.36. The number of hydrogen-bond donors (Lipinski definition) is 0. The molecule has 264 valence electrons. The normalized spacial score (nSPS) is 17.9. The van der Waals surface area contributed by atoms with Crippen molar-refractivity contribution in [2.24, 2.45) is 0 Å². The molecular weight excluding hydrogens is 673 g/mol. The molecule has 0 saturated heterocycles. The van der Waals surface area contributed by atoms with Gasteiger partial charge in [0.25, 0.3) is 0 Å². The predicted octanol–water partition coefficient (Wildman–Crippen LogP) is 13.6. The molecule has 0 atom stereocenters. The Morgan fingerprint density at radius 3 is 2.24 bits per heavy atom. The maximum Gasteiger partial charge on any atom is 0.0493 e. The Hall–Kier alpha value is -5.38. The minimum Gasteiger partial charge on any atom is -0.345 e. The number of aryl methyl sites for hydroxylation is 1. The quantitative estimate of drug-likeness (QED) is 0.168. The van der Waals surface area contributed by atoms with Crippen LogP contribution in [0.25, 0.3) is 39.4 Å². The van der Waals surface area contributed by atoms with E-state index in [1.807, 2.05) is 11.3 Å². The number of anilines is 3. The van der Waals surface area contributed by atoms with Crippen molar-refractivity contribution in [2.75, 3.05) is 16.3 Å². The van der Waals surface area contributed by atoms with Crippen LogP contribution in [0.1, 0.15) is 89.8 Å². The van der Waals surface area contributed by atoms with E-state index < -0.39 is 0 Å². The fraction of sp³-hybridized carbons (Fsp3) is 0.216. The lowest BCUT2D eigenvalue weighted by Crippen LogP contribution is -2.29. The number of benzene rings is 5. The number of rotatable bonds is 4. The van der Waals surface area contributed by atoms with Gasteiger partial charge in [0, 0.05) is 61.8 Å². The molecule has 0 fully saturated rings. The summed E-state index contributed by atoms with van der Waals surface area (Å²) in [6.07, 6.45) is 19.7. The minimum atomic E-state index is -0.0575. The van der Waals surface area contributed by atoms with Crippen LogP contribution >= 0.6 is 11.3 Å². The van der Waals surface area contributed by atoms with Gasteiger partial charge in [-0.25, -0.2) is 0 Å². The Balaban J connectivity index is 0.901. The third kappa shape index (κ3) is 5.05. The third-order valence-corrected chi connectivity index (χ3v) is 14.0. The summed E-state index contributed by atoms with van der Waals surface area (Å²) in [4.78, 5) is 6.65. The van der Waals surface area contributed by atoms with Crippen LogP contribution in [0.3, 0.4) is 0 Å². The van der Waals surface area contributed by atoms with Crippen molar-refractivity contribution in [3.8, 4) is 11.1 Å². The van der Waals surface area contributed by atoms with E-state index in [1.54, 1.807) is 11.3 Å². The first-order valence-corrected chi connectivity index (χ1v) is 20.7. The predicted molar refractivity (Wildman–Crippen MR) is 231 cm³/mol. The van der Waals surface area contributed by atoms with E-state index in [0.717, 1.165) is 38.6 Å². The lowest BCUT2D eigenvalue weighted by Gasteiger charge is -2.36. The second kappa shape index (κ2) is 12.3. The molecule has 3 heterocycles. The molecule has 0 radical (unpaired) electrons. The number of para-hydroxylation sites is 2. The number of nitrogens with zero attached hydrogens (tertiary/aromatic N) is 2. The van der Waals surface area contributed by atoms with Gasteiger partial charge in [0.1, 0.15) is 0 Å². The first-order valence-electron chi connectivity index (χ1n) is 19.9. The van der Waals surface area contributed by atoms with E-state index in [4.69, 9.17) is 0 Å². The molecule has 2 nitrogen and oxygen atoms in total. The SMILES string of the molecule is CC1(C)c2cc(/C=C/c3ccc4sc5c(c4c3)C=C(N3c4ccccc4Cc4ccccc43)CC5)ccc2-c2ccc(N3CCCC4=C3CCC=C4)cc21. The van der Waals surface area contributed by atoms with Crippen LogP contribution in [0, 0.1) is 0 Å². The Morgan fingerprint density at radius 1 is 0.704 bits per heavy atom. The Bertz CT molecular complexity index is 2610. The van der Waals surface area contributed by atoms with E-state index in [9.17, 15) is 0 Å². The van der Waals surface area contributed by atoms with Crippen LogP contribution in [0.4, 0.5) is 17.1 Å². The molecule has 54 heavy (non-hydrogen) atoms. The van der Waals surface area contributed by atoms with Crippen LogP contribution in [0.5, 0.6) is 0 Å². The van der Waals surface area contributed by atoms with Crippen molar-refractivity contribution in [3.63, 3.8) is 0 Å². The summed E-state index contributed by atoms with van der Waals surface area (Å²) >= 11 is 1.97. The summed E-state index contributed by atoms with van der Waals surface area (Å²) in [5.41, 5.74) is 20.8. The molecule has 1 aromatic heterocycles. The second-order valence-electron chi connectivity index (χ2n) is 16.3. The molecular formula is C51H44N2S. The molecule has 3 aliphatic carbocycles. The van der Waals surface area contributed by atoms with Crippen molar-refractivity contribution in [1.82, 2.24) is 0 Å². The van der Waals surface area contributed by atoms with Crippen LogP contribution < -0.4 is 9.80 Å². The Labute approximate surface area is 323 Å². The van der Waals surface area contributed by atoms with Gasteiger partial charge in [-0.3, -0.25) is 0 Å². The van der Waals surface area contributed by atoms with Crippen molar-refractivity contribution in [1.29, 1.82) is 0 Å². The number of fused-ring (bicyclic) bond motifs is 8. The maximum absolute atomic E-state index is 2.61. The van der Waals surface area contributed by atoms with Crippen molar-refractivity contribution < 1.29 is 0 Å². The lowest BCUT2D eigenvalue weighted by molar-refractivity contribution is 0.657. The van der Waals surface area contributed by atoms with Crippen molar-refractivity contribution >= 4 is 56.7 Å². The van der Waals surface area contributed by atoms with Gasteiger partial charge in [0.15, 0.2) is 0 Å². The van der Waals surface area contributed by atoms with E-state index in [0.29, 0.717) is 0 Å². The molecule has 11 rings (SSSR count). The minimum absolute atomic E-state index is 0.0575.